The number of anilines is 9. The van der Waals surface area contributed by atoms with Crippen molar-refractivity contribution in [3.63, 3.8) is 0 Å². The van der Waals surface area contributed by atoms with Gasteiger partial charge in [-0.2, -0.15) is 0 Å². The van der Waals surface area contributed by atoms with E-state index in [9.17, 15) is 0 Å². The Morgan fingerprint density at radius 1 is 0.132 bits per heavy atom. The van der Waals surface area contributed by atoms with Crippen LogP contribution in [0.3, 0.4) is 0 Å². The zero-order valence-corrected chi connectivity index (χ0v) is 80.3. The Morgan fingerprint density at radius 3 is 0.674 bits per heavy atom. The third kappa shape index (κ3) is 18.0. The van der Waals surface area contributed by atoms with Gasteiger partial charge in [0, 0.05) is 56.2 Å². The molecule has 0 atom stereocenters. The lowest BCUT2D eigenvalue weighted by Crippen LogP contribution is -2.17. The second kappa shape index (κ2) is 40.5. The summed E-state index contributed by atoms with van der Waals surface area (Å²) in [6.45, 7) is 4.71. The van der Waals surface area contributed by atoms with Crippen molar-refractivity contribution < 1.29 is 0 Å². The fourth-order valence-corrected chi connectivity index (χ4v) is 21.2. The lowest BCUT2D eigenvalue weighted by Gasteiger charge is -2.31. The molecule has 0 aromatic heterocycles. The molecule has 0 fully saturated rings. The van der Waals surface area contributed by atoms with Crippen molar-refractivity contribution in [2.75, 3.05) is 14.7 Å². The lowest BCUT2D eigenvalue weighted by atomic mass is 9.82. The highest BCUT2D eigenvalue weighted by Crippen LogP contribution is 2.57. The smallest absolute Gasteiger partial charge is 0.0552 e. The number of hydrogen-bond donors (Lipinski definition) is 0. The minimum atomic E-state index is -0.0921. The van der Waals surface area contributed by atoms with E-state index in [2.05, 4.69) is 617 Å². The molecule has 0 amide bonds. The summed E-state index contributed by atoms with van der Waals surface area (Å²) in [6, 6.07) is 212. The molecule has 24 aromatic rings. The monoisotopic (exact) mass is 1840 g/mol. The van der Waals surface area contributed by atoms with Crippen molar-refractivity contribution in [2.24, 2.45) is 0 Å². The predicted molar refractivity (Wildman–Crippen MR) is 613 cm³/mol. The molecule has 3 nitrogen and oxygen atoms in total. The number of nitrogens with zero attached hydrogens (tertiary/aromatic N) is 3. The molecule has 682 valence electrons. The maximum absolute atomic E-state index is 2.46. The Bertz CT molecular complexity index is 8410. The molecule has 0 unspecified atom stereocenters. The number of hydrogen-bond acceptors (Lipinski definition) is 3. The Kier molecular flexibility index (Phi) is 25.1. The molecule has 0 spiro atoms. The summed E-state index contributed by atoms with van der Waals surface area (Å²) in [4.78, 5) is 7.32. The van der Waals surface area contributed by atoms with E-state index in [1.807, 2.05) is 0 Å². The van der Waals surface area contributed by atoms with Gasteiger partial charge in [-0.1, -0.05) is 505 Å². The quantitative estimate of drug-likeness (QED) is 0.0753. The minimum absolute atomic E-state index is 0.0921. The van der Waals surface area contributed by atoms with Gasteiger partial charge < -0.3 is 14.7 Å². The molecule has 0 bridgehead atoms. The van der Waals surface area contributed by atoms with Crippen LogP contribution in [-0.2, 0) is 5.41 Å². The maximum atomic E-state index is 2.46. The largest absolute Gasteiger partial charge is 0.310 e. The van der Waals surface area contributed by atoms with Gasteiger partial charge in [0.1, 0.15) is 0 Å². The van der Waals surface area contributed by atoms with E-state index in [4.69, 9.17) is 0 Å². The molecule has 144 heavy (non-hydrogen) atoms. The first-order chi connectivity index (χ1) is 71.2. The highest BCUT2D eigenvalue weighted by Gasteiger charge is 2.37. The second-order valence-corrected chi connectivity index (χ2v) is 37.3. The van der Waals surface area contributed by atoms with Crippen LogP contribution in [0, 0.1) is 0 Å². The van der Waals surface area contributed by atoms with Gasteiger partial charge in [0.2, 0.25) is 0 Å². The van der Waals surface area contributed by atoms with Crippen LogP contribution in [0.5, 0.6) is 0 Å². The number of rotatable bonds is 20. The average Bonchev–Trinajstić information content (AvgIpc) is 1.47. The molecule has 3 heteroatoms. The first-order valence-electron chi connectivity index (χ1n) is 49.7. The van der Waals surface area contributed by atoms with Gasteiger partial charge in [-0.25, -0.2) is 0 Å². The first kappa shape index (κ1) is 89.4. The normalized spacial score (nSPS) is 11.6. The minimum Gasteiger partial charge on any atom is -0.310 e. The molecule has 0 heterocycles. The van der Waals surface area contributed by atoms with Crippen LogP contribution in [-0.4, -0.2) is 0 Å². The summed E-state index contributed by atoms with van der Waals surface area (Å²) in [6.07, 6.45) is 0. The molecule has 0 aliphatic heterocycles. The van der Waals surface area contributed by atoms with Gasteiger partial charge in [0.05, 0.1) is 17.1 Å². The van der Waals surface area contributed by atoms with Gasteiger partial charge >= 0.3 is 0 Å². The summed E-state index contributed by atoms with van der Waals surface area (Å²) >= 11 is 0. The van der Waals surface area contributed by atoms with Crippen molar-refractivity contribution in [2.45, 2.75) is 19.3 Å². The van der Waals surface area contributed by atoms with E-state index in [1.165, 1.54) is 177 Å². The maximum Gasteiger partial charge on any atom is 0.0552 e. The summed E-state index contributed by atoms with van der Waals surface area (Å²) in [7, 11) is 0. The molecule has 24 aromatic carbocycles. The zero-order valence-electron chi connectivity index (χ0n) is 80.3. The van der Waals surface area contributed by atoms with Gasteiger partial charge in [-0.05, 0) is 257 Å². The highest BCUT2D eigenvalue weighted by molar-refractivity contribution is 6.15. The van der Waals surface area contributed by atoms with Crippen molar-refractivity contribution >= 4 is 83.5 Å². The van der Waals surface area contributed by atoms with E-state index in [0.29, 0.717) is 0 Å². The van der Waals surface area contributed by atoms with Crippen molar-refractivity contribution in [1.82, 2.24) is 0 Å². The number of fused-ring (bicyclic) bond motifs is 6. The fourth-order valence-electron chi connectivity index (χ4n) is 21.2. The van der Waals surface area contributed by atoms with Crippen molar-refractivity contribution in [1.29, 1.82) is 0 Å². The van der Waals surface area contributed by atoms with Gasteiger partial charge in [-0.3, -0.25) is 0 Å². The third-order valence-corrected chi connectivity index (χ3v) is 28.2. The zero-order chi connectivity index (χ0) is 96.5. The van der Waals surface area contributed by atoms with Crippen LogP contribution in [0.25, 0.3) is 166 Å². The highest BCUT2D eigenvalue weighted by atomic mass is 15.2. The van der Waals surface area contributed by atoms with Crippen LogP contribution in [0.4, 0.5) is 51.2 Å². The molecular formula is C141H103N3. The van der Waals surface area contributed by atoms with E-state index >= 15 is 0 Å². The van der Waals surface area contributed by atoms with Crippen LogP contribution >= 0.6 is 0 Å². The molecule has 0 radical (unpaired) electrons. The van der Waals surface area contributed by atoms with E-state index in [0.717, 1.165) is 51.2 Å². The van der Waals surface area contributed by atoms with Crippen LogP contribution < -0.4 is 14.7 Å². The molecule has 25 rings (SSSR count). The number of benzene rings is 24. The molecule has 0 N–H and O–H groups in total. The summed E-state index contributed by atoms with van der Waals surface area (Å²) < 4.78 is 0. The van der Waals surface area contributed by atoms with Gasteiger partial charge in [0.15, 0.2) is 0 Å². The number of para-hydroxylation sites is 1. The van der Waals surface area contributed by atoms with Crippen LogP contribution in [0.2, 0.25) is 0 Å². The predicted octanol–water partition coefficient (Wildman–Crippen LogP) is 39.6. The van der Waals surface area contributed by atoms with E-state index in [1.54, 1.807) is 0 Å². The Balaban J connectivity index is 0.000000120. The van der Waals surface area contributed by atoms with Gasteiger partial charge in [-0.15, -0.1) is 0 Å². The lowest BCUT2D eigenvalue weighted by molar-refractivity contribution is 0.660. The van der Waals surface area contributed by atoms with Crippen molar-refractivity contribution in [3.8, 4) is 134 Å². The van der Waals surface area contributed by atoms with E-state index < -0.39 is 0 Å². The Hall–Kier alpha value is -18.5. The standard InChI is InChI=1S/C52H37N.C46H33N.C43H33N/c1-6-16-38(17-7-1)41-26-31-47(32-27-41)53(48-33-28-42(29-34-48)39-18-8-2-9-19-39)50-37-46-36-45(40-20-10-3-11-21-40)30-35-49(46)51(43-22-12-4-13-23-43)52(50)44-24-14-5-15-25-44;1-5-15-34(16-6-1)36-25-29-41(30-26-36)47(42-31-27-37(28-32-42)35-17-7-2-8-18-35)44-33-40-23-13-14-24-43(40)45(38-19-9-3-10-20-38)46(44)39-21-11-4-12-22-39;1-43(2)38-25-15-14-24-36(38)37-27-26-34(29-39(37)43)44(33-21-10-5-11-22-33)40-28-32-20-12-13-23-35(32)41(30-16-6-3-7-17-30)42(40)31-18-8-4-9-19-31/h1-37H;1-33H;3-29H,1-2H3. The fraction of sp³-hybridized carbons (Fsp3) is 0.0213. The molecular weight excluding hydrogens is 1740 g/mol. The summed E-state index contributed by atoms with van der Waals surface area (Å²) in [5.74, 6) is 0. The molecule has 1 aliphatic rings. The molecule has 1 aliphatic carbocycles. The summed E-state index contributed by atoms with van der Waals surface area (Å²) in [5, 5.41) is 7.31. The molecule has 0 saturated heterocycles. The SMILES string of the molecule is CC1(C)c2ccccc2-c2ccc(N(c3ccccc3)c3cc4ccccc4c(-c4ccccc4)c3-c3ccccc3)cc21.c1ccc(-c2ccc(N(c3ccc(-c4ccccc4)cc3)c3cc4cc(-c5ccccc5)ccc4c(-c4ccccc4)c3-c3ccccc3)cc2)cc1.c1ccc(-c2ccc(N(c3ccc(-c4ccccc4)cc3)c3cc4ccccc4c(-c4ccccc4)c3-c3ccccc3)cc2)cc1. The third-order valence-electron chi connectivity index (χ3n) is 28.2. The average molecular weight is 1840 g/mol. The van der Waals surface area contributed by atoms with E-state index in [-0.39, 0.29) is 5.41 Å². The first-order valence-corrected chi connectivity index (χ1v) is 49.7. The Labute approximate surface area is 844 Å². The van der Waals surface area contributed by atoms with Gasteiger partial charge in [0.25, 0.3) is 0 Å². The second-order valence-electron chi connectivity index (χ2n) is 37.3. The van der Waals surface area contributed by atoms with Crippen molar-refractivity contribution in [3.05, 3.63) is 600 Å². The summed E-state index contributed by atoms with van der Waals surface area (Å²) in [5.41, 5.74) is 41.9. The topological polar surface area (TPSA) is 9.72 Å². The van der Waals surface area contributed by atoms with Crippen LogP contribution in [0.1, 0.15) is 25.0 Å². The van der Waals surface area contributed by atoms with Crippen LogP contribution in [0.15, 0.2) is 588 Å². The Morgan fingerprint density at radius 2 is 0.347 bits per heavy atom. The molecule has 0 saturated carbocycles.